The quantitative estimate of drug-likeness (QED) is 0.649. The molecule has 0 amide bonds. The van der Waals surface area contributed by atoms with Crippen LogP contribution in [0.5, 0.6) is 0 Å². The summed E-state index contributed by atoms with van der Waals surface area (Å²) in [4.78, 5) is 4.35. The van der Waals surface area contributed by atoms with E-state index >= 15 is 0 Å². The van der Waals surface area contributed by atoms with Gasteiger partial charge in [0.1, 0.15) is 5.69 Å². The summed E-state index contributed by atoms with van der Waals surface area (Å²) in [6, 6.07) is 0. The van der Waals surface area contributed by atoms with Crippen molar-refractivity contribution in [3.05, 3.63) is 11.4 Å². The number of rotatable bonds is 0. The lowest BCUT2D eigenvalue weighted by Crippen LogP contribution is -2.23. The zero-order chi connectivity index (χ0) is 11.1. The van der Waals surface area contributed by atoms with Gasteiger partial charge in [-0.2, -0.15) is 0 Å². The van der Waals surface area contributed by atoms with E-state index < -0.39 is 0 Å². The van der Waals surface area contributed by atoms with Crippen molar-refractivity contribution in [1.82, 2.24) is 15.0 Å². The fourth-order valence-electron chi connectivity index (χ4n) is 1.99. The van der Waals surface area contributed by atoms with Gasteiger partial charge < -0.3 is 0 Å². The first-order chi connectivity index (χ1) is 7.04. The van der Waals surface area contributed by atoms with Crippen LogP contribution in [0.3, 0.4) is 0 Å². The van der Waals surface area contributed by atoms with E-state index in [1.165, 1.54) is 0 Å². The summed E-state index contributed by atoms with van der Waals surface area (Å²) in [7, 11) is 1.85. The van der Waals surface area contributed by atoms with Gasteiger partial charge in [0.25, 0.3) is 0 Å². The normalized spacial score (nSPS) is 19.3. The van der Waals surface area contributed by atoms with Gasteiger partial charge in [-0.3, -0.25) is 4.99 Å². The molecule has 0 aromatic carbocycles. The zero-order valence-corrected chi connectivity index (χ0v) is 9.91. The molecule has 4 heteroatoms. The third kappa shape index (κ3) is 1.68. The highest BCUT2D eigenvalue weighted by Crippen LogP contribution is 2.27. The Kier molecular flexibility index (Phi) is 2.37. The molecule has 82 valence electrons. The van der Waals surface area contributed by atoms with Gasteiger partial charge >= 0.3 is 0 Å². The summed E-state index contributed by atoms with van der Waals surface area (Å²) >= 11 is 0. The topological polar surface area (TPSA) is 43.1 Å². The highest BCUT2D eigenvalue weighted by Gasteiger charge is 2.28. The lowest BCUT2D eigenvalue weighted by molar-refractivity contribution is 0.545. The molecule has 0 unspecified atom stereocenters. The Morgan fingerprint density at radius 1 is 1.33 bits per heavy atom. The van der Waals surface area contributed by atoms with E-state index in [9.17, 15) is 0 Å². The number of fused-ring (bicyclic) bond motifs is 1. The SMILES string of the molecule is C/N=C1\CCCn2nnc(C(C)(C)C)c21. The summed E-state index contributed by atoms with van der Waals surface area (Å²) in [6.07, 6.45) is 2.17. The molecule has 15 heavy (non-hydrogen) atoms. The number of nitrogens with zero attached hydrogens (tertiary/aromatic N) is 4. The second-order valence-corrected chi connectivity index (χ2v) is 5.03. The van der Waals surface area contributed by atoms with Crippen molar-refractivity contribution in [2.45, 2.75) is 45.6 Å². The average molecular weight is 206 g/mol. The Labute approximate surface area is 90.4 Å². The minimum atomic E-state index is 0.0425. The van der Waals surface area contributed by atoms with E-state index in [1.54, 1.807) is 0 Å². The number of aryl methyl sites for hydroxylation is 1. The predicted molar refractivity (Wildman–Crippen MR) is 60.4 cm³/mol. The highest BCUT2D eigenvalue weighted by molar-refractivity contribution is 6.00. The van der Waals surface area contributed by atoms with Crippen LogP contribution in [0.2, 0.25) is 0 Å². The van der Waals surface area contributed by atoms with E-state index in [2.05, 4.69) is 36.1 Å². The molecule has 1 aliphatic heterocycles. The largest absolute Gasteiger partial charge is 0.291 e. The molecule has 1 aromatic heterocycles. The molecule has 0 spiro atoms. The smallest absolute Gasteiger partial charge is 0.106 e. The van der Waals surface area contributed by atoms with E-state index in [0.29, 0.717) is 0 Å². The summed E-state index contributed by atoms with van der Waals surface area (Å²) in [5.74, 6) is 0. The van der Waals surface area contributed by atoms with Crippen LogP contribution in [0, 0.1) is 0 Å². The molecule has 1 aromatic rings. The van der Waals surface area contributed by atoms with Crippen molar-refractivity contribution >= 4 is 5.71 Å². The Morgan fingerprint density at radius 2 is 2.07 bits per heavy atom. The van der Waals surface area contributed by atoms with Crippen molar-refractivity contribution in [2.75, 3.05) is 7.05 Å². The minimum Gasteiger partial charge on any atom is -0.291 e. The standard InChI is InChI=1S/C11H18N4/c1-11(2,3)10-9-8(12-4)6-5-7-15(9)14-13-10/h5-7H2,1-4H3/b12-8+. The van der Waals surface area contributed by atoms with E-state index in [4.69, 9.17) is 0 Å². The third-order valence-corrected chi connectivity index (χ3v) is 2.77. The van der Waals surface area contributed by atoms with Crippen LogP contribution in [0.4, 0.5) is 0 Å². The molecule has 0 saturated carbocycles. The Bertz CT molecular complexity index is 395. The fraction of sp³-hybridized carbons (Fsp3) is 0.727. The van der Waals surface area contributed by atoms with Crippen LogP contribution in [-0.2, 0) is 12.0 Å². The van der Waals surface area contributed by atoms with Crippen LogP contribution in [0.1, 0.15) is 45.0 Å². The highest BCUT2D eigenvalue weighted by atomic mass is 15.4. The van der Waals surface area contributed by atoms with Gasteiger partial charge in [-0.05, 0) is 12.8 Å². The summed E-state index contributed by atoms with van der Waals surface area (Å²) in [6.45, 7) is 7.47. The van der Waals surface area contributed by atoms with Crippen molar-refractivity contribution in [3.63, 3.8) is 0 Å². The minimum absolute atomic E-state index is 0.0425. The van der Waals surface area contributed by atoms with Gasteiger partial charge in [0.2, 0.25) is 0 Å². The van der Waals surface area contributed by atoms with Crippen LogP contribution < -0.4 is 0 Å². The molecule has 0 radical (unpaired) electrons. The number of hydrogen-bond acceptors (Lipinski definition) is 3. The lowest BCUT2D eigenvalue weighted by atomic mass is 9.88. The second kappa shape index (κ2) is 3.43. The molecular weight excluding hydrogens is 188 g/mol. The molecular formula is C11H18N4. The Morgan fingerprint density at radius 3 is 2.67 bits per heavy atom. The average Bonchev–Trinajstić information content (AvgIpc) is 2.59. The molecule has 0 saturated heterocycles. The third-order valence-electron chi connectivity index (χ3n) is 2.77. The van der Waals surface area contributed by atoms with Gasteiger partial charge in [-0.1, -0.05) is 26.0 Å². The molecule has 2 rings (SSSR count). The van der Waals surface area contributed by atoms with Gasteiger partial charge in [0.05, 0.1) is 11.4 Å². The second-order valence-electron chi connectivity index (χ2n) is 5.03. The molecule has 0 aliphatic carbocycles. The van der Waals surface area contributed by atoms with Crippen molar-refractivity contribution in [3.8, 4) is 0 Å². The Balaban J connectivity index is 2.57. The first-order valence-electron chi connectivity index (χ1n) is 5.44. The number of aromatic nitrogens is 3. The van der Waals surface area contributed by atoms with Crippen LogP contribution in [0.15, 0.2) is 4.99 Å². The molecule has 0 bridgehead atoms. The predicted octanol–water partition coefficient (Wildman–Crippen LogP) is 1.79. The Hall–Kier alpha value is -1.19. The van der Waals surface area contributed by atoms with Gasteiger partial charge in [0, 0.05) is 19.0 Å². The van der Waals surface area contributed by atoms with E-state index in [-0.39, 0.29) is 5.41 Å². The number of aliphatic imine (C=N–C) groups is 1. The first kappa shape index (κ1) is 10.3. The maximum absolute atomic E-state index is 4.35. The summed E-state index contributed by atoms with van der Waals surface area (Å²) in [5.41, 5.74) is 3.41. The van der Waals surface area contributed by atoms with Crippen LogP contribution in [-0.4, -0.2) is 27.8 Å². The van der Waals surface area contributed by atoms with E-state index in [1.807, 2.05) is 11.7 Å². The molecule has 2 heterocycles. The summed E-state index contributed by atoms with van der Waals surface area (Å²) in [5, 5.41) is 8.51. The lowest BCUT2D eigenvalue weighted by Gasteiger charge is -2.21. The molecule has 1 aliphatic rings. The van der Waals surface area contributed by atoms with Gasteiger partial charge in [-0.25, -0.2) is 4.68 Å². The monoisotopic (exact) mass is 206 g/mol. The van der Waals surface area contributed by atoms with Gasteiger partial charge in [0.15, 0.2) is 0 Å². The molecule has 4 nitrogen and oxygen atoms in total. The number of hydrogen-bond donors (Lipinski definition) is 0. The molecule has 0 N–H and O–H groups in total. The van der Waals surface area contributed by atoms with Crippen LogP contribution in [0.25, 0.3) is 0 Å². The van der Waals surface area contributed by atoms with E-state index in [0.717, 1.165) is 36.5 Å². The van der Waals surface area contributed by atoms with Crippen LogP contribution >= 0.6 is 0 Å². The first-order valence-corrected chi connectivity index (χ1v) is 5.44. The zero-order valence-electron chi connectivity index (χ0n) is 9.91. The fourth-order valence-corrected chi connectivity index (χ4v) is 1.99. The van der Waals surface area contributed by atoms with Crippen molar-refractivity contribution < 1.29 is 0 Å². The molecule has 0 fully saturated rings. The van der Waals surface area contributed by atoms with Gasteiger partial charge in [-0.15, -0.1) is 5.10 Å². The summed E-state index contributed by atoms with van der Waals surface area (Å²) < 4.78 is 1.99. The maximum atomic E-state index is 4.35. The maximum Gasteiger partial charge on any atom is 0.106 e. The molecule has 0 atom stereocenters. The van der Waals surface area contributed by atoms with Crippen molar-refractivity contribution in [2.24, 2.45) is 4.99 Å². The van der Waals surface area contributed by atoms with Crippen molar-refractivity contribution in [1.29, 1.82) is 0 Å².